The minimum atomic E-state index is -0.799. The second kappa shape index (κ2) is 9.06. The molecule has 1 aliphatic rings. The van der Waals surface area contributed by atoms with Crippen molar-refractivity contribution in [2.75, 3.05) is 19.7 Å². The Morgan fingerprint density at radius 3 is 2.61 bits per heavy atom. The molecule has 0 saturated carbocycles. The van der Waals surface area contributed by atoms with E-state index in [4.69, 9.17) is 0 Å². The topological polar surface area (TPSA) is 46.6 Å². The van der Waals surface area contributed by atoms with Crippen LogP contribution in [0.3, 0.4) is 0 Å². The van der Waals surface area contributed by atoms with Gasteiger partial charge in [-0.25, -0.2) is 8.78 Å². The van der Waals surface area contributed by atoms with Crippen molar-refractivity contribution in [3.63, 3.8) is 0 Å². The Bertz CT molecular complexity index is 854. The highest BCUT2D eigenvalue weighted by Gasteiger charge is 2.28. The van der Waals surface area contributed by atoms with Gasteiger partial charge in [-0.2, -0.15) is 0 Å². The van der Waals surface area contributed by atoms with Gasteiger partial charge in [0.15, 0.2) is 5.78 Å². The molecule has 1 saturated heterocycles. The maximum Gasteiger partial charge on any atom is 0.313 e. The molecular formula is C22H23F2NO3. The number of benzene rings is 2. The van der Waals surface area contributed by atoms with Crippen LogP contribution in [0.15, 0.2) is 42.5 Å². The summed E-state index contributed by atoms with van der Waals surface area (Å²) >= 11 is 0. The van der Waals surface area contributed by atoms with Crippen LogP contribution < -0.4 is 0 Å². The van der Waals surface area contributed by atoms with Gasteiger partial charge in [0.25, 0.3) is 0 Å². The second-order valence-corrected chi connectivity index (χ2v) is 6.96. The molecule has 2 aromatic rings. The normalized spacial score (nSPS) is 16.9. The third kappa shape index (κ3) is 4.81. The molecule has 0 bridgehead atoms. The molecule has 0 spiro atoms. The van der Waals surface area contributed by atoms with E-state index in [1.807, 2.05) is 30.3 Å². The zero-order valence-corrected chi connectivity index (χ0v) is 15.8. The van der Waals surface area contributed by atoms with E-state index in [1.54, 1.807) is 6.92 Å². The first-order valence-corrected chi connectivity index (χ1v) is 9.42. The van der Waals surface area contributed by atoms with Crippen LogP contribution in [0.1, 0.15) is 47.2 Å². The molecule has 0 N–H and O–H groups in total. The Balaban J connectivity index is 1.69. The highest BCUT2D eigenvalue weighted by atomic mass is 19.1. The third-order valence-corrected chi connectivity index (χ3v) is 4.96. The number of carbonyl (C=O) groups excluding carboxylic acids is 2. The van der Waals surface area contributed by atoms with Crippen LogP contribution in [0, 0.1) is 11.6 Å². The first kappa shape index (κ1) is 20.1. The van der Waals surface area contributed by atoms with Crippen molar-refractivity contribution in [1.29, 1.82) is 0 Å². The summed E-state index contributed by atoms with van der Waals surface area (Å²) < 4.78 is 33.8. The fraction of sp³-hybridized carbons (Fsp3) is 0.364. The summed E-state index contributed by atoms with van der Waals surface area (Å²) in [5, 5.41) is 0. The van der Waals surface area contributed by atoms with Crippen molar-refractivity contribution in [3.8, 4) is 0 Å². The van der Waals surface area contributed by atoms with Crippen LogP contribution in [0.25, 0.3) is 0 Å². The molecule has 0 aromatic heterocycles. The number of carbonyl (C=O) groups is 2. The fourth-order valence-electron chi connectivity index (χ4n) is 3.60. The second-order valence-electron chi connectivity index (χ2n) is 6.96. The lowest BCUT2D eigenvalue weighted by Crippen LogP contribution is -2.20. The number of hydrogen-bond acceptors (Lipinski definition) is 4. The zero-order valence-electron chi connectivity index (χ0n) is 15.8. The Kier molecular flexibility index (Phi) is 6.52. The van der Waals surface area contributed by atoms with Crippen LogP contribution in [-0.4, -0.2) is 36.3 Å². The van der Waals surface area contributed by atoms with Gasteiger partial charge in [-0.3, -0.25) is 14.5 Å². The van der Waals surface area contributed by atoms with E-state index in [0.717, 1.165) is 31.6 Å². The standard InChI is InChI=1S/C22H23F2NO3/c1-2-28-22(27)12-21(26)18-11-19(23)17(10-20(18)24)16-8-9-25(14-16)13-15-6-4-3-5-7-15/h3-7,10-11,16H,2,8-9,12-14H2,1H3. The van der Waals surface area contributed by atoms with Gasteiger partial charge in [0.05, 0.1) is 12.2 Å². The minimum absolute atomic E-state index is 0.128. The number of rotatable bonds is 7. The van der Waals surface area contributed by atoms with E-state index in [0.29, 0.717) is 6.54 Å². The fourth-order valence-corrected chi connectivity index (χ4v) is 3.60. The van der Waals surface area contributed by atoms with E-state index < -0.39 is 35.4 Å². The van der Waals surface area contributed by atoms with Crippen molar-refractivity contribution in [2.24, 2.45) is 0 Å². The van der Waals surface area contributed by atoms with Gasteiger partial charge in [0.2, 0.25) is 0 Å². The van der Waals surface area contributed by atoms with Crippen molar-refractivity contribution in [2.45, 2.75) is 32.2 Å². The zero-order chi connectivity index (χ0) is 20.1. The van der Waals surface area contributed by atoms with Gasteiger partial charge in [-0.1, -0.05) is 30.3 Å². The van der Waals surface area contributed by atoms with Crippen LogP contribution >= 0.6 is 0 Å². The predicted octanol–water partition coefficient (Wildman–Crippen LogP) is 4.09. The maximum atomic E-state index is 14.6. The quantitative estimate of drug-likeness (QED) is 0.408. The highest BCUT2D eigenvalue weighted by Crippen LogP contribution is 2.31. The van der Waals surface area contributed by atoms with Gasteiger partial charge in [0.1, 0.15) is 18.1 Å². The molecule has 3 rings (SSSR count). The summed E-state index contributed by atoms with van der Waals surface area (Å²) in [6.07, 6.45) is 0.122. The van der Waals surface area contributed by atoms with Crippen LogP contribution in [-0.2, 0) is 16.1 Å². The molecule has 1 fully saturated rings. The SMILES string of the molecule is CCOC(=O)CC(=O)c1cc(F)c(C2CCN(Cc3ccccc3)C2)cc1F. The van der Waals surface area contributed by atoms with Crippen molar-refractivity contribution < 1.29 is 23.1 Å². The third-order valence-electron chi connectivity index (χ3n) is 4.96. The number of esters is 1. The van der Waals surface area contributed by atoms with Gasteiger partial charge >= 0.3 is 5.97 Å². The molecule has 0 aliphatic carbocycles. The molecular weight excluding hydrogens is 364 g/mol. The lowest BCUT2D eigenvalue weighted by Gasteiger charge is -2.17. The molecule has 1 atom stereocenters. The smallest absolute Gasteiger partial charge is 0.313 e. The van der Waals surface area contributed by atoms with Crippen LogP contribution in [0.2, 0.25) is 0 Å². The number of halogens is 2. The lowest BCUT2D eigenvalue weighted by molar-refractivity contribution is -0.141. The first-order chi connectivity index (χ1) is 13.5. The van der Waals surface area contributed by atoms with Gasteiger partial charge in [0, 0.05) is 19.0 Å². The number of Topliss-reactive ketones (excluding diaryl/α,β-unsaturated/α-hetero) is 1. The summed E-state index contributed by atoms with van der Waals surface area (Å²) in [6.45, 7) is 3.92. The number of nitrogens with zero attached hydrogens (tertiary/aromatic N) is 1. The maximum absolute atomic E-state index is 14.6. The molecule has 1 unspecified atom stereocenters. The predicted molar refractivity (Wildman–Crippen MR) is 101 cm³/mol. The highest BCUT2D eigenvalue weighted by molar-refractivity contribution is 6.06. The summed E-state index contributed by atoms with van der Waals surface area (Å²) in [6, 6.07) is 12.0. The molecule has 4 nitrogen and oxygen atoms in total. The number of ketones is 1. The monoisotopic (exact) mass is 387 g/mol. The number of hydrogen-bond donors (Lipinski definition) is 0. The van der Waals surface area contributed by atoms with E-state index in [-0.39, 0.29) is 18.1 Å². The van der Waals surface area contributed by atoms with E-state index >= 15 is 0 Å². The Morgan fingerprint density at radius 1 is 1.14 bits per heavy atom. The van der Waals surface area contributed by atoms with Crippen molar-refractivity contribution in [1.82, 2.24) is 4.90 Å². The Hall–Kier alpha value is -2.60. The molecule has 6 heteroatoms. The van der Waals surface area contributed by atoms with Crippen molar-refractivity contribution in [3.05, 3.63) is 70.8 Å². The number of likely N-dealkylation sites (tertiary alicyclic amines) is 1. The summed E-state index contributed by atoms with van der Waals surface area (Å²) in [5.41, 5.74) is 1.05. The number of ether oxygens (including phenoxy) is 1. The summed E-state index contributed by atoms with van der Waals surface area (Å²) in [4.78, 5) is 25.7. The molecule has 1 heterocycles. The molecule has 2 aromatic carbocycles. The molecule has 28 heavy (non-hydrogen) atoms. The van der Waals surface area contributed by atoms with E-state index in [2.05, 4.69) is 9.64 Å². The molecule has 148 valence electrons. The minimum Gasteiger partial charge on any atom is -0.466 e. The van der Waals surface area contributed by atoms with E-state index in [1.165, 1.54) is 5.56 Å². The van der Waals surface area contributed by atoms with Gasteiger partial charge < -0.3 is 4.74 Å². The van der Waals surface area contributed by atoms with Gasteiger partial charge in [-0.05, 0) is 43.1 Å². The van der Waals surface area contributed by atoms with Crippen LogP contribution in [0.5, 0.6) is 0 Å². The molecule has 1 aliphatic heterocycles. The largest absolute Gasteiger partial charge is 0.466 e. The average Bonchev–Trinajstić information content (AvgIpc) is 3.12. The average molecular weight is 387 g/mol. The first-order valence-electron chi connectivity index (χ1n) is 9.42. The van der Waals surface area contributed by atoms with Crippen LogP contribution in [0.4, 0.5) is 8.78 Å². The Morgan fingerprint density at radius 2 is 1.89 bits per heavy atom. The van der Waals surface area contributed by atoms with Gasteiger partial charge in [-0.15, -0.1) is 0 Å². The molecule has 0 amide bonds. The lowest BCUT2D eigenvalue weighted by atomic mass is 9.95. The van der Waals surface area contributed by atoms with E-state index in [9.17, 15) is 18.4 Å². The summed E-state index contributed by atoms with van der Waals surface area (Å²) in [7, 11) is 0. The summed E-state index contributed by atoms with van der Waals surface area (Å²) in [5.74, 6) is -3.07. The Labute approximate surface area is 163 Å². The van der Waals surface area contributed by atoms with Crippen molar-refractivity contribution >= 4 is 11.8 Å². The molecule has 0 radical (unpaired) electrons.